The number of rotatable bonds is 6. The fourth-order valence-electron chi connectivity index (χ4n) is 2.09. The largest absolute Gasteiger partial charge is 0.271 e. The SMILES string of the molecule is C/C(=N/NC(=O)CN(c1cccc(Br)c1)S(C)(=O)=O)c1ccccc1. The standard InChI is InChI=1S/C17H18BrN3O3S/c1-13(14-7-4-3-5-8-14)19-20-17(22)12-21(25(2,23)24)16-10-6-9-15(18)11-16/h3-11H,12H2,1-2H3,(H,20,22)/b19-13-. The molecular formula is C17H18BrN3O3S. The van der Waals surface area contributed by atoms with Crippen LogP contribution in [0.25, 0.3) is 0 Å². The van der Waals surface area contributed by atoms with Gasteiger partial charge < -0.3 is 0 Å². The minimum absolute atomic E-state index is 0.360. The molecule has 2 aromatic rings. The van der Waals surface area contributed by atoms with Gasteiger partial charge in [0.15, 0.2) is 0 Å². The second-order valence-corrected chi connectivity index (χ2v) is 8.17. The molecule has 0 heterocycles. The molecule has 0 saturated heterocycles. The van der Waals surface area contributed by atoms with Crippen LogP contribution in [0, 0.1) is 0 Å². The lowest BCUT2D eigenvalue weighted by molar-refractivity contribution is -0.119. The molecular weight excluding hydrogens is 406 g/mol. The van der Waals surface area contributed by atoms with Crippen LogP contribution in [0.15, 0.2) is 64.2 Å². The Morgan fingerprint density at radius 3 is 2.44 bits per heavy atom. The van der Waals surface area contributed by atoms with Crippen molar-refractivity contribution in [3.05, 3.63) is 64.6 Å². The van der Waals surface area contributed by atoms with Gasteiger partial charge in [0.2, 0.25) is 10.0 Å². The molecule has 1 amide bonds. The van der Waals surface area contributed by atoms with Crippen molar-refractivity contribution < 1.29 is 13.2 Å². The first kappa shape index (κ1) is 19.1. The normalized spacial score (nSPS) is 11.9. The molecule has 132 valence electrons. The highest BCUT2D eigenvalue weighted by Gasteiger charge is 2.20. The molecule has 0 aliphatic heterocycles. The van der Waals surface area contributed by atoms with Gasteiger partial charge in [-0.1, -0.05) is 52.3 Å². The third kappa shape index (κ3) is 5.68. The molecule has 6 nitrogen and oxygen atoms in total. The van der Waals surface area contributed by atoms with Crippen molar-refractivity contribution in [1.29, 1.82) is 0 Å². The maximum Gasteiger partial charge on any atom is 0.260 e. The highest BCUT2D eigenvalue weighted by Crippen LogP contribution is 2.21. The van der Waals surface area contributed by atoms with Crippen molar-refractivity contribution in [2.75, 3.05) is 17.1 Å². The van der Waals surface area contributed by atoms with Gasteiger partial charge in [0.1, 0.15) is 6.54 Å². The van der Waals surface area contributed by atoms with Gasteiger partial charge in [0.25, 0.3) is 5.91 Å². The van der Waals surface area contributed by atoms with Gasteiger partial charge in [-0.3, -0.25) is 9.10 Å². The molecule has 0 aromatic heterocycles. The number of hydrogen-bond donors (Lipinski definition) is 1. The zero-order valence-electron chi connectivity index (χ0n) is 13.8. The zero-order chi connectivity index (χ0) is 18.4. The summed E-state index contributed by atoms with van der Waals surface area (Å²) in [4.78, 5) is 12.2. The average molecular weight is 424 g/mol. The lowest BCUT2D eigenvalue weighted by atomic mass is 10.1. The summed E-state index contributed by atoms with van der Waals surface area (Å²) < 4.78 is 25.8. The number of hydrogen-bond acceptors (Lipinski definition) is 4. The highest BCUT2D eigenvalue weighted by molar-refractivity contribution is 9.10. The van der Waals surface area contributed by atoms with Crippen LogP contribution in [0.3, 0.4) is 0 Å². The van der Waals surface area contributed by atoms with Crippen molar-refractivity contribution in [2.45, 2.75) is 6.92 Å². The summed E-state index contributed by atoms with van der Waals surface area (Å²) in [6.07, 6.45) is 1.06. The van der Waals surface area contributed by atoms with Crippen LogP contribution in [0.4, 0.5) is 5.69 Å². The van der Waals surface area contributed by atoms with E-state index in [1.165, 1.54) is 0 Å². The van der Waals surface area contributed by atoms with E-state index >= 15 is 0 Å². The molecule has 0 aliphatic rings. The van der Waals surface area contributed by atoms with Crippen LogP contribution < -0.4 is 9.73 Å². The number of nitrogens with one attached hydrogen (secondary N) is 1. The Hall–Kier alpha value is -2.19. The maximum absolute atomic E-state index is 12.2. The summed E-state index contributed by atoms with van der Waals surface area (Å²) in [6, 6.07) is 16.1. The quantitative estimate of drug-likeness (QED) is 0.572. The summed E-state index contributed by atoms with van der Waals surface area (Å²) in [6.45, 7) is 1.40. The molecule has 0 spiro atoms. The summed E-state index contributed by atoms with van der Waals surface area (Å²) in [5.74, 6) is -0.527. The number of nitrogens with zero attached hydrogens (tertiary/aromatic N) is 2. The Morgan fingerprint density at radius 2 is 1.84 bits per heavy atom. The van der Waals surface area contributed by atoms with E-state index < -0.39 is 15.9 Å². The predicted octanol–water partition coefficient (Wildman–Crippen LogP) is 2.76. The summed E-state index contributed by atoms with van der Waals surface area (Å²) >= 11 is 3.30. The van der Waals surface area contributed by atoms with E-state index in [1.54, 1.807) is 31.2 Å². The molecule has 0 saturated carbocycles. The molecule has 8 heteroatoms. The van der Waals surface area contributed by atoms with E-state index in [0.29, 0.717) is 11.4 Å². The Balaban J connectivity index is 2.13. The third-order valence-corrected chi connectivity index (χ3v) is 4.96. The average Bonchev–Trinajstić information content (AvgIpc) is 2.57. The van der Waals surface area contributed by atoms with Gasteiger partial charge in [-0.05, 0) is 30.7 Å². The molecule has 0 unspecified atom stereocenters. The van der Waals surface area contributed by atoms with Gasteiger partial charge in [-0.25, -0.2) is 13.8 Å². The Labute approximate surface area is 155 Å². The fraction of sp³-hybridized carbons (Fsp3) is 0.176. The van der Waals surface area contributed by atoms with Crippen LogP contribution in [-0.2, 0) is 14.8 Å². The minimum atomic E-state index is -3.62. The molecule has 0 bridgehead atoms. The van der Waals surface area contributed by atoms with Gasteiger partial charge in [-0.15, -0.1) is 0 Å². The van der Waals surface area contributed by atoms with Crippen LogP contribution >= 0.6 is 15.9 Å². The summed E-state index contributed by atoms with van der Waals surface area (Å²) in [5, 5.41) is 4.03. The van der Waals surface area contributed by atoms with Gasteiger partial charge in [0, 0.05) is 4.47 Å². The fourth-order valence-corrected chi connectivity index (χ4v) is 3.32. The number of halogens is 1. The molecule has 1 N–H and O–H groups in total. The first-order valence-electron chi connectivity index (χ1n) is 7.39. The Bertz CT molecular complexity index is 883. The van der Waals surface area contributed by atoms with Crippen LogP contribution in [0.2, 0.25) is 0 Å². The number of benzene rings is 2. The van der Waals surface area contributed by atoms with Crippen molar-refractivity contribution in [1.82, 2.24) is 5.43 Å². The first-order chi connectivity index (χ1) is 11.8. The van der Waals surface area contributed by atoms with E-state index in [-0.39, 0.29) is 6.54 Å². The number of anilines is 1. The number of carbonyl (C=O) groups is 1. The van der Waals surface area contributed by atoms with E-state index in [9.17, 15) is 13.2 Å². The smallest absolute Gasteiger partial charge is 0.260 e. The van der Waals surface area contributed by atoms with Crippen molar-refractivity contribution in [3.63, 3.8) is 0 Å². The van der Waals surface area contributed by atoms with E-state index in [1.807, 2.05) is 30.3 Å². The zero-order valence-corrected chi connectivity index (χ0v) is 16.2. The molecule has 2 rings (SSSR count). The molecule has 0 fully saturated rings. The number of amides is 1. The van der Waals surface area contributed by atoms with Crippen LogP contribution in [0.5, 0.6) is 0 Å². The third-order valence-electron chi connectivity index (χ3n) is 3.32. The maximum atomic E-state index is 12.2. The van der Waals surface area contributed by atoms with Gasteiger partial charge in [0.05, 0.1) is 17.7 Å². The molecule has 25 heavy (non-hydrogen) atoms. The van der Waals surface area contributed by atoms with E-state index in [2.05, 4.69) is 26.5 Å². The van der Waals surface area contributed by atoms with Crippen molar-refractivity contribution in [2.24, 2.45) is 5.10 Å². The molecule has 0 atom stereocenters. The van der Waals surface area contributed by atoms with Crippen molar-refractivity contribution >= 4 is 43.3 Å². The number of sulfonamides is 1. The first-order valence-corrected chi connectivity index (χ1v) is 10.0. The summed E-state index contributed by atoms with van der Waals surface area (Å²) in [7, 11) is -3.62. The monoisotopic (exact) mass is 423 g/mol. The number of hydrazone groups is 1. The molecule has 0 aliphatic carbocycles. The van der Waals surface area contributed by atoms with E-state index in [4.69, 9.17) is 0 Å². The highest BCUT2D eigenvalue weighted by atomic mass is 79.9. The lowest BCUT2D eigenvalue weighted by Gasteiger charge is -2.21. The van der Waals surface area contributed by atoms with Gasteiger partial charge in [-0.2, -0.15) is 5.10 Å². The molecule has 0 radical (unpaired) electrons. The topological polar surface area (TPSA) is 78.8 Å². The Morgan fingerprint density at radius 1 is 1.16 bits per heavy atom. The summed E-state index contributed by atoms with van der Waals surface area (Å²) in [5.41, 5.74) is 4.30. The van der Waals surface area contributed by atoms with Crippen LogP contribution in [-0.4, -0.2) is 32.8 Å². The minimum Gasteiger partial charge on any atom is -0.271 e. The lowest BCUT2D eigenvalue weighted by Crippen LogP contribution is -2.39. The van der Waals surface area contributed by atoms with Crippen molar-refractivity contribution in [3.8, 4) is 0 Å². The second-order valence-electron chi connectivity index (χ2n) is 5.35. The van der Waals surface area contributed by atoms with Crippen LogP contribution in [0.1, 0.15) is 12.5 Å². The second kappa shape index (κ2) is 8.26. The van der Waals surface area contributed by atoms with Gasteiger partial charge >= 0.3 is 0 Å². The Kier molecular flexibility index (Phi) is 6.33. The van der Waals surface area contributed by atoms with E-state index in [0.717, 1.165) is 20.6 Å². The molecule has 2 aromatic carbocycles. The number of carbonyl (C=O) groups excluding carboxylic acids is 1. The predicted molar refractivity (Wildman–Crippen MR) is 103 cm³/mol.